The first-order chi connectivity index (χ1) is 6.57. The van der Waals surface area contributed by atoms with Crippen LogP contribution in [0.4, 0.5) is 0 Å². The van der Waals surface area contributed by atoms with Crippen LogP contribution in [-0.4, -0.2) is 13.0 Å². The Bertz CT molecular complexity index is 578. The van der Waals surface area contributed by atoms with Gasteiger partial charge in [0, 0.05) is 0 Å². The zero-order chi connectivity index (χ0) is 10.2. The van der Waals surface area contributed by atoms with Crippen molar-refractivity contribution in [1.29, 1.82) is 0 Å². The van der Waals surface area contributed by atoms with Crippen LogP contribution >= 0.6 is 0 Å². The van der Waals surface area contributed by atoms with E-state index in [9.17, 15) is 13.0 Å². The smallest absolute Gasteiger partial charge is 0.744 e. The number of hydrogen-bond donors (Lipinski definition) is 0. The van der Waals surface area contributed by atoms with Crippen LogP contribution in [0.3, 0.4) is 0 Å². The van der Waals surface area contributed by atoms with E-state index in [1.807, 2.05) is 12.1 Å². The van der Waals surface area contributed by atoms with Crippen LogP contribution in [0.2, 0.25) is 0 Å². The van der Waals surface area contributed by atoms with Crippen LogP contribution in [0.15, 0.2) is 47.4 Å². The van der Waals surface area contributed by atoms with Gasteiger partial charge in [0.2, 0.25) is 0 Å². The van der Waals surface area contributed by atoms with Crippen LogP contribution in [0.25, 0.3) is 10.8 Å². The fourth-order valence-electron chi connectivity index (χ4n) is 1.32. The van der Waals surface area contributed by atoms with E-state index in [1.165, 1.54) is 12.1 Å². The third kappa shape index (κ3) is 2.68. The number of benzene rings is 2. The van der Waals surface area contributed by atoms with Gasteiger partial charge in [-0.25, -0.2) is 8.42 Å². The van der Waals surface area contributed by atoms with Crippen molar-refractivity contribution in [3.05, 3.63) is 42.5 Å². The van der Waals surface area contributed by atoms with Gasteiger partial charge < -0.3 is 4.55 Å². The molecule has 2 aromatic rings. The van der Waals surface area contributed by atoms with Gasteiger partial charge in [0.05, 0.1) is 4.90 Å². The summed E-state index contributed by atoms with van der Waals surface area (Å²) in [5, 5.41) is 1.67. The van der Waals surface area contributed by atoms with Gasteiger partial charge in [0.1, 0.15) is 10.1 Å². The maximum absolute atomic E-state index is 10.7. The van der Waals surface area contributed by atoms with Crippen LogP contribution in [0, 0.1) is 0 Å². The normalized spacial score (nSPS) is 11.0. The molecule has 82 valence electrons. The van der Waals surface area contributed by atoms with Gasteiger partial charge in [-0.1, -0.05) is 30.3 Å². The van der Waals surface area contributed by atoms with E-state index in [1.54, 1.807) is 18.2 Å². The molecule has 0 unspecified atom stereocenters. The van der Waals surface area contributed by atoms with E-state index >= 15 is 0 Å². The molecule has 0 radical (unpaired) electrons. The van der Waals surface area contributed by atoms with Gasteiger partial charge in [-0.2, -0.15) is 0 Å². The van der Waals surface area contributed by atoms with E-state index in [0.29, 0.717) is 0 Å². The Balaban J connectivity index is 0.00000112. The molecule has 0 aliphatic heterocycles. The summed E-state index contributed by atoms with van der Waals surface area (Å²) >= 11 is 0. The minimum Gasteiger partial charge on any atom is -0.744 e. The summed E-state index contributed by atoms with van der Waals surface area (Å²) in [5.41, 5.74) is 0. The molecule has 0 heterocycles. The van der Waals surface area contributed by atoms with Crippen molar-refractivity contribution in [1.82, 2.24) is 0 Å². The molecule has 0 fully saturated rings. The van der Waals surface area contributed by atoms with Crippen molar-refractivity contribution in [3.63, 3.8) is 0 Å². The zero-order valence-electron chi connectivity index (χ0n) is 7.48. The van der Waals surface area contributed by atoms with E-state index in [4.69, 9.17) is 0 Å². The molecule has 2 aromatic carbocycles. The van der Waals surface area contributed by atoms with Gasteiger partial charge in [0.25, 0.3) is 0 Å². The standard InChI is InChI=1S/C10H8O3S.Ag/c11-14(12,13)10-6-5-8-3-1-2-4-9(8)7-10;/h1-7H,(H,11,12,13);/q;+1/p-1. The molecule has 0 N–H and O–H groups in total. The molecule has 0 atom stereocenters. The minimum atomic E-state index is -4.34. The number of hydrogen-bond acceptors (Lipinski definition) is 3. The first-order valence-corrected chi connectivity index (χ1v) is 5.43. The molecule has 0 saturated heterocycles. The van der Waals surface area contributed by atoms with E-state index in [-0.39, 0.29) is 27.3 Å². The van der Waals surface area contributed by atoms with Crippen LogP contribution in [0.5, 0.6) is 0 Å². The largest absolute Gasteiger partial charge is 1.00 e. The summed E-state index contributed by atoms with van der Waals surface area (Å²) in [4.78, 5) is -0.184. The Labute approximate surface area is 103 Å². The Morgan fingerprint density at radius 1 is 0.933 bits per heavy atom. The number of rotatable bonds is 1. The Kier molecular flexibility index (Phi) is 3.70. The molecule has 0 bridgehead atoms. The average molecular weight is 315 g/mol. The van der Waals surface area contributed by atoms with Gasteiger partial charge in [-0.15, -0.1) is 0 Å². The monoisotopic (exact) mass is 314 g/mol. The van der Waals surface area contributed by atoms with Gasteiger partial charge >= 0.3 is 22.4 Å². The van der Waals surface area contributed by atoms with E-state index in [0.717, 1.165) is 10.8 Å². The maximum atomic E-state index is 10.7. The predicted octanol–water partition coefficient (Wildman–Crippen LogP) is 1.74. The Morgan fingerprint density at radius 2 is 1.53 bits per heavy atom. The second-order valence-corrected chi connectivity index (χ2v) is 4.34. The molecule has 0 aliphatic rings. The van der Waals surface area contributed by atoms with Gasteiger partial charge in [-0.05, 0) is 22.9 Å². The van der Waals surface area contributed by atoms with Crippen molar-refractivity contribution >= 4 is 20.9 Å². The van der Waals surface area contributed by atoms with Crippen molar-refractivity contribution < 1.29 is 35.4 Å². The van der Waals surface area contributed by atoms with Crippen molar-refractivity contribution in [2.75, 3.05) is 0 Å². The van der Waals surface area contributed by atoms with Crippen molar-refractivity contribution in [2.45, 2.75) is 4.90 Å². The third-order valence-corrected chi connectivity index (χ3v) is 2.84. The molecular weight excluding hydrogens is 308 g/mol. The second-order valence-electron chi connectivity index (χ2n) is 2.96. The summed E-state index contributed by atoms with van der Waals surface area (Å²) in [7, 11) is -4.34. The summed E-state index contributed by atoms with van der Waals surface area (Å²) in [5.74, 6) is 0. The molecule has 15 heavy (non-hydrogen) atoms. The Morgan fingerprint density at radius 3 is 2.13 bits per heavy atom. The minimum absolute atomic E-state index is 0. The maximum Gasteiger partial charge on any atom is 1.00 e. The second kappa shape index (κ2) is 4.47. The average Bonchev–Trinajstić information content (AvgIpc) is 2.16. The first kappa shape index (κ1) is 12.4. The molecule has 0 amide bonds. The van der Waals surface area contributed by atoms with Crippen molar-refractivity contribution in [3.8, 4) is 0 Å². The molecule has 0 aromatic heterocycles. The molecule has 5 heteroatoms. The fraction of sp³-hybridized carbons (Fsp3) is 0. The topological polar surface area (TPSA) is 57.2 Å². The number of fused-ring (bicyclic) bond motifs is 1. The zero-order valence-corrected chi connectivity index (χ0v) is 9.77. The summed E-state index contributed by atoms with van der Waals surface area (Å²) in [6.07, 6.45) is 0. The van der Waals surface area contributed by atoms with Gasteiger partial charge in [-0.3, -0.25) is 0 Å². The molecular formula is C10H7AgO3S. The van der Waals surface area contributed by atoms with Gasteiger partial charge in [0.15, 0.2) is 0 Å². The van der Waals surface area contributed by atoms with E-state index in [2.05, 4.69) is 0 Å². The molecule has 3 nitrogen and oxygen atoms in total. The quantitative estimate of drug-likeness (QED) is 0.595. The van der Waals surface area contributed by atoms with Crippen LogP contribution in [0.1, 0.15) is 0 Å². The first-order valence-electron chi connectivity index (χ1n) is 4.02. The predicted molar refractivity (Wildman–Crippen MR) is 51.9 cm³/mol. The van der Waals surface area contributed by atoms with Crippen LogP contribution < -0.4 is 0 Å². The van der Waals surface area contributed by atoms with E-state index < -0.39 is 10.1 Å². The van der Waals surface area contributed by atoms with Crippen LogP contribution in [-0.2, 0) is 32.5 Å². The molecule has 0 spiro atoms. The molecule has 0 aliphatic carbocycles. The van der Waals surface area contributed by atoms with Crippen molar-refractivity contribution in [2.24, 2.45) is 0 Å². The SMILES string of the molecule is O=S(=O)([O-])c1ccc2ccccc2c1.[Ag+]. The third-order valence-electron chi connectivity index (χ3n) is 2.01. The molecule has 0 saturated carbocycles. The molecule has 2 rings (SSSR count). The summed E-state index contributed by atoms with van der Waals surface area (Å²) in [6.45, 7) is 0. The summed E-state index contributed by atoms with van der Waals surface area (Å²) in [6, 6.07) is 11.6. The fourth-order valence-corrected chi connectivity index (χ4v) is 1.83. The Hall–Kier alpha value is -0.650. The summed E-state index contributed by atoms with van der Waals surface area (Å²) < 4.78 is 32.2.